The molecule has 0 aromatic heterocycles. The SMILES string of the molecule is CC(C)C(CNC1CC1)N1CCC(C(F)(F)F)C1. The van der Waals surface area contributed by atoms with Crippen molar-refractivity contribution in [1.82, 2.24) is 10.2 Å². The van der Waals surface area contributed by atoms with Crippen LogP contribution in [0.15, 0.2) is 0 Å². The fourth-order valence-electron chi connectivity index (χ4n) is 2.72. The topological polar surface area (TPSA) is 15.3 Å². The van der Waals surface area contributed by atoms with E-state index in [2.05, 4.69) is 19.2 Å². The number of alkyl halides is 3. The van der Waals surface area contributed by atoms with Crippen LogP contribution in [0.1, 0.15) is 33.1 Å². The van der Waals surface area contributed by atoms with Gasteiger partial charge in [0.2, 0.25) is 0 Å². The molecule has 1 aliphatic carbocycles. The zero-order valence-electron chi connectivity index (χ0n) is 11.1. The van der Waals surface area contributed by atoms with E-state index in [0.29, 0.717) is 18.5 Å². The molecule has 2 fully saturated rings. The molecule has 18 heavy (non-hydrogen) atoms. The average molecular weight is 264 g/mol. The van der Waals surface area contributed by atoms with Gasteiger partial charge in [0.15, 0.2) is 0 Å². The third-order valence-corrected chi connectivity index (χ3v) is 4.11. The zero-order chi connectivity index (χ0) is 13.3. The molecule has 0 bridgehead atoms. The van der Waals surface area contributed by atoms with Gasteiger partial charge in [0.1, 0.15) is 0 Å². The molecule has 2 atom stereocenters. The Labute approximate surface area is 107 Å². The highest BCUT2D eigenvalue weighted by atomic mass is 19.4. The summed E-state index contributed by atoms with van der Waals surface area (Å²) in [6.45, 7) is 5.78. The maximum Gasteiger partial charge on any atom is 0.393 e. The molecule has 2 nitrogen and oxygen atoms in total. The van der Waals surface area contributed by atoms with Crippen LogP contribution in [0, 0.1) is 11.8 Å². The zero-order valence-corrected chi connectivity index (χ0v) is 11.1. The van der Waals surface area contributed by atoms with Gasteiger partial charge in [0.25, 0.3) is 0 Å². The highest BCUT2D eigenvalue weighted by molar-refractivity contribution is 4.89. The van der Waals surface area contributed by atoms with E-state index < -0.39 is 12.1 Å². The van der Waals surface area contributed by atoms with Crippen LogP contribution in [-0.2, 0) is 0 Å². The summed E-state index contributed by atoms with van der Waals surface area (Å²) in [5.74, 6) is -0.733. The summed E-state index contributed by atoms with van der Waals surface area (Å²) in [5.41, 5.74) is 0. The van der Waals surface area contributed by atoms with Crippen molar-refractivity contribution in [2.24, 2.45) is 11.8 Å². The van der Waals surface area contributed by atoms with E-state index in [0.717, 1.165) is 6.54 Å². The smallest absolute Gasteiger partial charge is 0.312 e. The molecule has 0 aromatic rings. The summed E-state index contributed by atoms with van der Waals surface area (Å²) < 4.78 is 38.0. The van der Waals surface area contributed by atoms with Gasteiger partial charge in [-0.2, -0.15) is 13.2 Å². The first-order valence-corrected chi connectivity index (χ1v) is 6.92. The number of likely N-dealkylation sites (tertiary alicyclic amines) is 1. The Balaban J connectivity index is 1.86. The molecule has 1 saturated carbocycles. The summed E-state index contributed by atoms with van der Waals surface area (Å²) >= 11 is 0. The molecule has 1 aliphatic heterocycles. The van der Waals surface area contributed by atoms with Crippen LogP contribution in [0.25, 0.3) is 0 Å². The van der Waals surface area contributed by atoms with E-state index in [1.165, 1.54) is 12.8 Å². The molecule has 0 aromatic carbocycles. The second kappa shape index (κ2) is 5.37. The lowest BCUT2D eigenvalue weighted by atomic mass is 10.0. The number of nitrogens with one attached hydrogen (secondary N) is 1. The van der Waals surface area contributed by atoms with Crippen molar-refractivity contribution >= 4 is 0 Å². The van der Waals surface area contributed by atoms with Crippen LogP contribution in [0.3, 0.4) is 0 Å². The molecule has 2 rings (SSSR count). The summed E-state index contributed by atoms with van der Waals surface area (Å²) in [5, 5.41) is 3.45. The van der Waals surface area contributed by atoms with Crippen LogP contribution in [0.4, 0.5) is 13.2 Å². The lowest BCUT2D eigenvalue weighted by molar-refractivity contribution is -0.171. The maximum atomic E-state index is 12.7. The number of rotatable bonds is 5. The van der Waals surface area contributed by atoms with Crippen molar-refractivity contribution in [1.29, 1.82) is 0 Å². The van der Waals surface area contributed by atoms with E-state index in [1.54, 1.807) is 0 Å². The predicted octanol–water partition coefficient (Wildman–Crippen LogP) is 2.65. The number of nitrogens with zero attached hydrogens (tertiary/aromatic N) is 1. The molecular weight excluding hydrogens is 241 g/mol. The van der Waals surface area contributed by atoms with Gasteiger partial charge in [-0.05, 0) is 31.7 Å². The summed E-state index contributed by atoms with van der Waals surface area (Å²) in [6.07, 6.45) is -1.33. The van der Waals surface area contributed by atoms with Crippen molar-refractivity contribution in [3.8, 4) is 0 Å². The van der Waals surface area contributed by atoms with E-state index in [1.807, 2.05) is 4.90 Å². The van der Waals surface area contributed by atoms with E-state index in [9.17, 15) is 13.2 Å². The molecule has 1 saturated heterocycles. The minimum atomic E-state index is -4.03. The van der Waals surface area contributed by atoms with Crippen molar-refractivity contribution < 1.29 is 13.2 Å². The Hall–Kier alpha value is -0.290. The molecule has 0 radical (unpaired) electrons. The Bertz CT molecular complexity index is 274. The molecule has 1 N–H and O–H groups in total. The van der Waals surface area contributed by atoms with Crippen molar-refractivity contribution in [2.45, 2.75) is 51.4 Å². The molecular formula is C13H23F3N2. The molecule has 1 heterocycles. The molecule has 106 valence electrons. The fourth-order valence-corrected chi connectivity index (χ4v) is 2.72. The number of halogens is 3. The van der Waals surface area contributed by atoms with Crippen LogP contribution >= 0.6 is 0 Å². The van der Waals surface area contributed by atoms with Gasteiger partial charge in [-0.15, -0.1) is 0 Å². The van der Waals surface area contributed by atoms with Gasteiger partial charge in [-0.1, -0.05) is 13.8 Å². The van der Waals surface area contributed by atoms with Crippen LogP contribution < -0.4 is 5.32 Å². The second-order valence-corrected chi connectivity index (χ2v) is 6.02. The Morgan fingerprint density at radius 1 is 1.22 bits per heavy atom. The van der Waals surface area contributed by atoms with Gasteiger partial charge in [0, 0.05) is 25.2 Å². The highest BCUT2D eigenvalue weighted by Crippen LogP contribution is 2.35. The van der Waals surface area contributed by atoms with Crippen molar-refractivity contribution in [3.63, 3.8) is 0 Å². The van der Waals surface area contributed by atoms with Gasteiger partial charge < -0.3 is 5.32 Å². The Kier molecular flexibility index (Phi) is 4.22. The maximum absolute atomic E-state index is 12.7. The highest BCUT2D eigenvalue weighted by Gasteiger charge is 2.45. The van der Waals surface area contributed by atoms with Crippen LogP contribution in [-0.4, -0.2) is 42.8 Å². The first kappa shape index (κ1) is 14.1. The Morgan fingerprint density at radius 2 is 1.89 bits per heavy atom. The van der Waals surface area contributed by atoms with E-state index >= 15 is 0 Å². The first-order valence-electron chi connectivity index (χ1n) is 6.92. The molecule has 0 amide bonds. The first-order chi connectivity index (χ1) is 8.38. The molecule has 0 spiro atoms. The third kappa shape index (κ3) is 3.60. The van der Waals surface area contributed by atoms with Gasteiger partial charge in [0.05, 0.1) is 5.92 Å². The number of hydrogen-bond donors (Lipinski definition) is 1. The van der Waals surface area contributed by atoms with Gasteiger partial charge in [-0.25, -0.2) is 0 Å². The standard InChI is InChI=1S/C13H23F3N2/c1-9(2)12(7-17-11-3-4-11)18-6-5-10(8-18)13(14,15)16/h9-12,17H,3-8H2,1-2H3. The largest absolute Gasteiger partial charge is 0.393 e. The minimum Gasteiger partial charge on any atom is -0.312 e. The quantitative estimate of drug-likeness (QED) is 0.821. The average Bonchev–Trinajstić information content (AvgIpc) is 2.92. The summed E-state index contributed by atoms with van der Waals surface area (Å²) in [6, 6.07) is 0.852. The van der Waals surface area contributed by atoms with Gasteiger partial charge >= 0.3 is 6.18 Å². The van der Waals surface area contributed by atoms with Crippen LogP contribution in [0.5, 0.6) is 0 Å². The van der Waals surface area contributed by atoms with E-state index in [-0.39, 0.29) is 19.0 Å². The minimum absolute atomic E-state index is 0.179. The van der Waals surface area contributed by atoms with Crippen molar-refractivity contribution in [3.05, 3.63) is 0 Å². The second-order valence-electron chi connectivity index (χ2n) is 6.02. The molecule has 5 heteroatoms. The van der Waals surface area contributed by atoms with Gasteiger partial charge in [-0.3, -0.25) is 4.90 Å². The third-order valence-electron chi connectivity index (χ3n) is 4.11. The Morgan fingerprint density at radius 3 is 2.33 bits per heavy atom. The predicted molar refractivity (Wildman–Crippen MR) is 65.4 cm³/mol. The lowest BCUT2D eigenvalue weighted by Crippen LogP contribution is -2.45. The fraction of sp³-hybridized carbons (Fsp3) is 1.00. The van der Waals surface area contributed by atoms with Crippen molar-refractivity contribution in [2.75, 3.05) is 19.6 Å². The number of hydrogen-bond acceptors (Lipinski definition) is 2. The van der Waals surface area contributed by atoms with E-state index in [4.69, 9.17) is 0 Å². The summed E-state index contributed by atoms with van der Waals surface area (Å²) in [7, 11) is 0. The lowest BCUT2D eigenvalue weighted by Gasteiger charge is -2.31. The van der Waals surface area contributed by atoms with Crippen LogP contribution in [0.2, 0.25) is 0 Å². The molecule has 2 unspecified atom stereocenters. The normalized spacial score (nSPS) is 28.0. The summed E-state index contributed by atoms with van der Waals surface area (Å²) in [4.78, 5) is 2.03. The monoisotopic (exact) mass is 264 g/mol. The molecule has 2 aliphatic rings.